The van der Waals surface area contributed by atoms with Crippen LogP contribution in [0.25, 0.3) is 10.9 Å². The van der Waals surface area contributed by atoms with Gasteiger partial charge in [0.05, 0.1) is 5.56 Å². The Balaban J connectivity index is 1.53. The molecule has 0 spiro atoms. The Labute approximate surface area is 141 Å². The number of aromatic nitrogens is 1. The van der Waals surface area contributed by atoms with E-state index in [1.807, 2.05) is 41.0 Å². The third-order valence-corrected chi connectivity index (χ3v) is 5.13. The lowest BCUT2D eigenvalue weighted by atomic mass is 10.1. The Morgan fingerprint density at radius 2 is 1.75 bits per heavy atom. The van der Waals surface area contributed by atoms with Crippen LogP contribution < -0.4 is 0 Å². The third kappa shape index (κ3) is 2.68. The molecule has 4 rings (SSSR count). The Morgan fingerprint density at radius 1 is 1.04 bits per heavy atom. The molecule has 0 radical (unpaired) electrons. The molecule has 5 heteroatoms. The summed E-state index contributed by atoms with van der Waals surface area (Å²) >= 11 is 0. The molecular weight excluding hydrogens is 302 g/mol. The predicted molar refractivity (Wildman–Crippen MR) is 92.9 cm³/mol. The zero-order valence-corrected chi connectivity index (χ0v) is 14.0. The SMILES string of the molecule is Cc1[nH]c2ccccc2c1C(=O)N1CCCN(C(=O)C2CC2)CC1. The lowest BCUT2D eigenvalue weighted by molar-refractivity contribution is -0.132. The van der Waals surface area contributed by atoms with Gasteiger partial charge in [-0.1, -0.05) is 18.2 Å². The number of aromatic amines is 1. The summed E-state index contributed by atoms with van der Waals surface area (Å²) in [6.07, 6.45) is 2.92. The highest BCUT2D eigenvalue weighted by atomic mass is 16.2. The number of carbonyl (C=O) groups is 2. The van der Waals surface area contributed by atoms with Gasteiger partial charge in [-0.15, -0.1) is 0 Å². The topological polar surface area (TPSA) is 56.4 Å². The number of aryl methyl sites for hydroxylation is 1. The molecule has 2 amide bonds. The molecule has 0 atom stereocenters. The third-order valence-electron chi connectivity index (χ3n) is 5.13. The summed E-state index contributed by atoms with van der Waals surface area (Å²) in [5, 5.41) is 0.982. The van der Waals surface area contributed by atoms with Crippen molar-refractivity contribution >= 4 is 22.7 Å². The smallest absolute Gasteiger partial charge is 0.256 e. The van der Waals surface area contributed by atoms with Crippen LogP contribution in [0.2, 0.25) is 0 Å². The maximum absolute atomic E-state index is 13.1. The minimum Gasteiger partial charge on any atom is -0.358 e. The molecule has 5 nitrogen and oxygen atoms in total. The molecule has 1 aromatic carbocycles. The van der Waals surface area contributed by atoms with Crippen molar-refractivity contribution in [3.05, 3.63) is 35.5 Å². The quantitative estimate of drug-likeness (QED) is 0.922. The molecule has 2 aromatic rings. The van der Waals surface area contributed by atoms with Gasteiger partial charge in [-0.2, -0.15) is 0 Å². The second-order valence-corrected chi connectivity index (χ2v) is 6.92. The largest absolute Gasteiger partial charge is 0.358 e. The maximum Gasteiger partial charge on any atom is 0.256 e. The van der Waals surface area contributed by atoms with E-state index in [2.05, 4.69) is 4.98 Å². The maximum atomic E-state index is 13.1. The summed E-state index contributed by atoms with van der Waals surface area (Å²) in [7, 11) is 0. The predicted octanol–water partition coefficient (Wildman–Crippen LogP) is 2.56. The summed E-state index contributed by atoms with van der Waals surface area (Å²) in [6, 6.07) is 7.93. The van der Waals surface area contributed by atoms with Gasteiger partial charge in [0.25, 0.3) is 5.91 Å². The van der Waals surface area contributed by atoms with E-state index in [-0.39, 0.29) is 17.7 Å². The number of rotatable bonds is 2. The highest BCUT2D eigenvalue weighted by Crippen LogP contribution is 2.31. The molecule has 1 N–H and O–H groups in total. The molecule has 2 heterocycles. The molecule has 126 valence electrons. The average molecular weight is 325 g/mol. The fraction of sp³-hybridized carbons (Fsp3) is 0.474. The van der Waals surface area contributed by atoms with Crippen LogP contribution >= 0.6 is 0 Å². The zero-order chi connectivity index (χ0) is 16.7. The highest BCUT2D eigenvalue weighted by Gasteiger charge is 2.34. The van der Waals surface area contributed by atoms with E-state index in [0.29, 0.717) is 19.6 Å². The van der Waals surface area contributed by atoms with E-state index in [4.69, 9.17) is 0 Å². The Morgan fingerprint density at radius 3 is 2.54 bits per heavy atom. The van der Waals surface area contributed by atoms with Crippen molar-refractivity contribution in [1.29, 1.82) is 0 Å². The summed E-state index contributed by atoms with van der Waals surface area (Å²) in [4.78, 5) is 32.5. The van der Waals surface area contributed by atoms with E-state index in [9.17, 15) is 9.59 Å². The van der Waals surface area contributed by atoms with Crippen molar-refractivity contribution in [2.75, 3.05) is 26.2 Å². The lowest BCUT2D eigenvalue weighted by Crippen LogP contribution is -2.38. The van der Waals surface area contributed by atoms with E-state index in [1.165, 1.54) is 0 Å². The summed E-state index contributed by atoms with van der Waals surface area (Å²) in [5.41, 5.74) is 2.68. The minimum absolute atomic E-state index is 0.0747. The van der Waals surface area contributed by atoms with Crippen LogP contribution in [0.4, 0.5) is 0 Å². The van der Waals surface area contributed by atoms with Crippen LogP contribution in [-0.4, -0.2) is 52.8 Å². The first-order valence-corrected chi connectivity index (χ1v) is 8.80. The number of amides is 2. The van der Waals surface area contributed by atoms with Crippen LogP contribution in [0.1, 0.15) is 35.3 Å². The van der Waals surface area contributed by atoms with Crippen LogP contribution in [0.3, 0.4) is 0 Å². The van der Waals surface area contributed by atoms with Gasteiger partial charge in [-0.3, -0.25) is 9.59 Å². The molecule has 1 aromatic heterocycles. The number of hydrogen-bond acceptors (Lipinski definition) is 2. The standard InChI is InChI=1S/C19H23N3O2/c1-13-17(15-5-2-3-6-16(15)20-13)19(24)22-10-4-9-21(11-12-22)18(23)14-7-8-14/h2-3,5-6,14,20H,4,7-12H2,1H3. The van der Waals surface area contributed by atoms with E-state index in [1.54, 1.807) is 0 Å². The van der Waals surface area contributed by atoms with E-state index < -0.39 is 0 Å². The molecule has 2 fully saturated rings. The number of hydrogen-bond donors (Lipinski definition) is 1. The molecule has 0 unspecified atom stereocenters. The van der Waals surface area contributed by atoms with Gasteiger partial charge in [0.2, 0.25) is 5.91 Å². The molecule has 1 saturated heterocycles. The van der Waals surface area contributed by atoms with Gasteiger partial charge in [0, 0.05) is 48.7 Å². The van der Waals surface area contributed by atoms with Crippen molar-refractivity contribution in [1.82, 2.24) is 14.8 Å². The summed E-state index contributed by atoms with van der Waals surface area (Å²) in [6.45, 7) is 4.71. The second-order valence-electron chi connectivity index (χ2n) is 6.92. The fourth-order valence-electron chi connectivity index (χ4n) is 3.64. The van der Waals surface area contributed by atoms with Gasteiger partial charge in [0.1, 0.15) is 0 Å². The van der Waals surface area contributed by atoms with E-state index >= 15 is 0 Å². The molecular formula is C19H23N3O2. The first-order valence-electron chi connectivity index (χ1n) is 8.80. The van der Waals surface area contributed by atoms with Crippen LogP contribution in [0, 0.1) is 12.8 Å². The second kappa shape index (κ2) is 5.96. The highest BCUT2D eigenvalue weighted by molar-refractivity contribution is 6.08. The minimum atomic E-state index is 0.0747. The fourth-order valence-corrected chi connectivity index (χ4v) is 3.64. The Hall–Kier alpha value is -2.30. The normalized spacial score (nSPS) is 18.7. The molecule has 24 heavy (non-hydrogen) atoms. The molecule has 1 saturated carbocycles. The van der Waals surface area contributed by atoms with Crippen molar-refractivity contribution in [2.45, 2.75) is 26.2 Å². The first kappa shape index (κ1) is 15.2. The van der Waals surface area contributed by atoms with Gasteiger partial charge in [-0.05, 0) is 32.3 Å². The number of nitrogens with one attached hydrogen (secondary N) is 1. The van der Waals surface area contributed by atoms with Gasteiger partial charge < -0.3 is 14.8 Å². The van der Waals surface area contributed by atoms with Crippen molar-refractivity contribution in [3.63, 3.8) is 0 Å². The van der Waals surface area contributed by atoms with Crippen molar-refractivity contribution in [2.24, 2.45) is 5.92 Å². The molecule has 1 aliphatic carbocycles. The number of fused-ring (bicyclic) bond motifs is 1. The number of H-pyrrole nitrogens is 1. The van der Waals surface area contributed by atoms with Gasteiger partial charge in [-0.25, -0.2) is 0 Å². The lowest BCUT2D eigenvalue weighted by Gasteiger charge is -2.22. The molecule has 2 aliphatic rings. The van der Waals surface area contributed by atoms with Crippen molar-refractivity contribution in [3.8, 4) is 0 Å². The van der Waals surface area contributed by atoms with Crippen molar-refractivity contribution < 1.29 is 9.59 Å². The van der Waals surface area contributed by atoms with Gasteiger partial charge in [0.15, 0.2) is 0 Å². The number of benzene rings is 1. The van der Waals surface area contributed by atoms with Crippen LogP contribution in [-0.2, 0) is 4.79 Å². The number of para-hydroxylation sites is 1. The zero-order valence-electron chi connectivity index (χ0n) is 14.0. The molecule has 1 aliphatic heterocycles. The summed E-state index contributed by atoms with van der Waals surface area (Å²) in [5.74, 6) is 0.612. The van der Waals surface area contributed by atoms with Crippen LogP contribution in [0.5, 0.6) is 0 Å². The Kier molecular flexibility index (Phi) is 3.79. The summed E-state index contributed by atoms with van der Waals surface area (Å²) < 4.78 is 0. The Bertz CT molecular complexity index is 791. The number of carbonyl (C=O) groups excluding carboxylic acids is 2. The molecule has 0 bridgehead atoms. The monoisotopic (exact) mass is 325 g/mol. The number of nitrogens with zero attached hydrogens (tertiary/aromatic N) is 2. The van der Waals surface area contributed by atoms with Gasteiger partial charge >= 0.3 is 0 Å². The van der Waals surface area contributed by atoms with E-state index in [0.717, 1.165) is 48.0 Å². The van der Waals surface area contributed by atoms with Crippen LogP contribution in [0.15, 0.2) is 24.3 Å². The first-order chi connectivity index (χ1) is 11.6. The average Bonchev–Trinajstić information content (AvgIpc) is 3.39.